The summed E-state index contributed by atoms with van der Waals surface area (Å²) in [5.41, 5.74) is 3.02. The number of hydrogen-bond donors (Lipinski definition) is 2. The Hall–Kier alpha value is -3.32. The third-order valence-corrected chi connectivity index (χ3v) is 6.50. The molecule has 0 bridgehead atoms. The molecule has 3 amide bonds. The first-order valence-electron chi connectivity index (χ1n) is 10.2. The van der Waals surface area contributed by atoms with Gasteiger partial charge in [0.05, 0.1) is 5.69 Å². The second-order valence-electron chi connectivity index (χ2n) is 7.64. The maximum atomic E-state index is 13.1. The number of carbonyl (C=O) groups is 3. The van der Waals surface area contributed by atoms with Gasteiger partial charge in [0.25, 0.3) is 17.7 Å². The van der Waals surface area contributed by atoms with Gasteiger partial charge in [-0.3, -0.25) is 14.4 Å². The van der Waals surface area contributed by atoms with Crippen LogP contribution in [-0.4, -0.2) is 17.7 Å². The van der Waals surface area contributed by atoms with Gasteiger partial charge in [0.2, 0.25) is 0 Å². The number of imide groups is 1. The Morgan fingerprint density at radius 3 is 2.29 bits per heavy atom. The van der Waals surface area contributed by atoms with Gasteiger partial charge in [0, 0.05) is 27.0 Å². The molecule has 0 saturated carbocycles. The molecule has 1 aliphatic rings. The standard InChI is InChI=1S/C25H18Cl3N3O3/c1-13-9-10-17(12-19(13)27)30-23(32)15-5-3-6-16(11-15)29-22-21(28)24(33)31(25(22)34)20-8-4-7-18(26)14(20)2/h3-12,29H,1-2H3,(H,30,32). The van der Waals surface area contributed by atoms with Crippen molar-refractivity contribution in [2.45, 2.75) is 13.8 Å². The Morgan fingerprint density at radius 2 is 1.56 bits per heavy atom. The van der Waals surface area contributed by atoms with Gasteiger partial charge in [0.15, 0.2) is 0 Å². The smallest absolute Gasteiger partial charge is 0.283 e. The predicted octanol–water partition coefficient (Wildman–Crippen LogP) is 6.30. The number of halogens is 3. The van der Waals surface area contributed by atoms with Crippen LogP contribution >= 0.6 is 34.8 Å². The molecule has 0 fully saturated rings. The molecule has 1 aliphatic heterocycles. The summed E-state index contributed by atoms with van der Waals surface area (Å²) in [7, 11) is 0. The van der Waals surface area contributed by atoms with Crippen LogP contribution in [0.3, 0.4) is 0 Å². The maximum absolute atomic E-state index is 13.1. The average Bonchev–Trinajstić information content (AvgIpc) is 3.01. The van der Waals surface area contributed by atoms with E-state index >= 15 is 0 Å². The van der Waals surface area contributed by atoms with Crippen LogP contribution in [0.5, 0.6) is 0 Å². The normalized spacial score (nSPS) is 13.5. The lowest BCUT2D eigenvalue weighted by molar-refractivity contribution is -0.120. The van der Waals surface area contributed by atoms with Crippen LogP contribution in [0.4, 0.5) is 17.1 Å². The van der Waals surface area contributed by atoms with E-state index in [9.17, 15) is 14.4 Å². The molecule has 2 N–H and O–H groups in total. The fourth-order valence-electron chi connectivity index (χ4n) is 3.42. The van der Waals surface area contributed by atoms with Gasteiger partial charge in [-0.1, -0.05) is 53.0 Å². The predicted molar refractivity (Wildman–Crippen MR) is 136 cm³/mol. The van der Waals surface area contributed by atoms with Crippen molar-refractivity contribution in [3.05, 3.63) is 98.1 Å². The summed E-state index contributed by atoms with van der Waals surface area (Å²) in [6.07, 6.45) is 0. The van der Waals surface area contributed by atoms with Crippen molar-refractivity contribution in [1.29, 1.82) is 0 Å². The molecule has 34 heavy (non-hydrogen) atoms. The lowest BCUT2D eigenvalue weighted by Gasteiger charge is -2.18. The highest BCUT2D eigenvalue weighted by atomic mass is 35.5. The largest absolute Gasteiger partial charge is 0.350 e. The zero-order valence-electron chi connectivity index (χ0n) is 18.1. The van der Waals surface area contributed by atoms with E-state index in [2.05, 4.69) is 10.6 Å². The molecule has 0 aliphatic carbocycles. The van der Waals surface area contributed by atoms with Crippen molar-refractivity contribution in [3.8, 4) is 0 Å². The van der Waals surface area contributed by atoms with Gasteiger partial charge >= 0.3 is 0 Å². The highest BCUT2D eigenvalue weighted by molar-refractivity contribution is 6.53. The average molecular weight is 515 g/mol. The number of nitrogens with zero attached hydrogens (tertiary/aromatic N) is 1. The lowest BCUT2D eigenvalue weighted by atomic mass is 10.1. The molecule has 0 saturated heterocycles. The summed E-state index contributed by atoms with van der Waals surface area (Å²) in [4.78, 5) is 39.5. The number of rotatable bonds is 5. The molecule has 0 radical (unpaired) electrons. The van der Waals surface area contributed by atoms with E-state index in [1.807, 2.05) is 6.92 Å². The van der Waals surface area contributed by atoms with Gasteiger partial charge in [0.1, 0.15) is 10.7 Å². The number of nitrogens with one attached hydrogen (secondary N) is 2. The molecule has 172 valence electrons. The first-order valence-corrected chi connectivity index (χ1v) is 11.3. The molecule has 0 unspecified atom stereocenters. The van der Waals surface area contributed by atoms with Crippen LogP contribution in [0.1, 0.15) is 21.5 Å². The Kier molecular flexibility index (Phi) is 6.66. The molecule has 9 heteroatoms. The minimum absolute atomic E-state index is 0.0890. The minimum atomic E-state index is -0.662. The summed E-state index contributed by atoms with van der Waals surface area (Å²) in [5.74, 6) is -1.65. The van der Waals surface area contributed by atoms with E-state index in [4.69, 9.17) is 34.8 Å². The van der Waals surface area contributed by atoms with Gasteiger partial charge in [-0.05, 0) is 67.4 Å². The van der Waals surface area contributed by atoms with Gasteiger partial charge in [-0.2, -0.15) is 0 Å². The van der Waals surface area contributed by atoms with Crippen molar-refractivity contribution >= 4 is 69.6 Å². The molecule has 0 spiro atoms. The number of benzene rings is 3. The first-order chi connectivity index (χ1) is 16.2. The first kappa shape index (κ1) is 23.8. The van der Waals surface area contributed by atoms with Crippen LogP contribution in [0.15, 0.2) is 71.4 Å². The van der Waals surface area contributed by atoms with Gasteiger partial charge < -0.3 is 10.6 Å². The molecular weight excluding hydrogens is 497 g/mol. The molecule has 4 rings (SSSR count). The van der Waals surface area contributed by atoms with Crippen LogP contribution in [-0.2, 0) is 9.59 Å². The van der Waals surface area contributed by atoms with E-state index < -0.39 is 11.8 Å². The third-order valence-electron chi connectivity index (χ3n) is 5.33. The molecule has 6 nitrogen and oxygen atoms in total. The minimum Gasteiger partial charge on any atom is -0.350 e. The van der Waals surface area contributed by atoms with Crippen molar-refractivity contribution in [2.75, 3.05) is 15.5 Å². The van der Waals surface area contributed by atoms with Gasteiger partial charge in [-0.25, -0.2) is 4.90 Å². The van der Waals surface area contributed by atoms with Crippen LogP contribution in [0.2, 0.25) is 10.0 Å². The van der Waals surface area contributed by atoms with E-state index in [0.717, 1.165) is 10.5 Å². The third kappa shape index (κ3) is 4.53. The zero-order chi connectivity index (χ0) is 24.6. The second kappa shape index (κ2) is 9.50. The Labute approximate surface area is 211 Å². The second-order valence-corrected chi connectivity index (χ2v) is 8.83. The number of amides is 3. The van der Waals surface area contributed by atoms with Crippen LogP contribution in [0.25, 0.3) is 0 Å². The van der Waals surface area contributed by atoms with Gasteiger partial charge in [-0.15, -0.1) is 0 Å². The summed E-state index contributed by atoms with van der Waals surface area (Å²) >= 11 is 18.5. The topological polar surface area (TPSA) is 78.5 Å². The summed E-state index contributed by atoms with van der Waals surface area (Å²) < 4.78 is 0. The summed E-state index contributed by atoms with van der Waals surface area (Å²) in [6, 6.07) is 16.6. The number of aryl methyl sites for hydroxylation is 1. The fourth-order valence-corrected chi connectivity index (χ4v) is 3.99. The van der Waals surface area contributed by atoms with Crippen molar-refractivity contribution < 1.29 is 14.4 Å². The van der Waals surface area contributed by atoms with Crippen LogP contribution < -0.4 is 15.5 Å². The molecule has 3 aromatic rings. The molecule has 0 atom stereocenters. The Morgan fingerprint density at radius 1 is 0.824 bits per heavy atom. The number of carbonyl (C=O) groups excluding carboxylic acids is 3. The van der Waals surface area contributed by atoms with E-state index in [-0.39, 0.29) is 16.6 Å². The lowest BCUT2D eigenvalue weighted by Crippen LogP contribution is -2.32. The monoisotopic (exact) mass is 513 g/mol. The number of anilines is 3. The highest BCUT2D eigenvalue weighted by Crippen LogP contribution is 2.34. The quantitative estimate of drug-likeness (QED) is 0.392. The SMILES string of the molecule is Cc1ccc(NC(=O)c2cccc(NC3=C(Cl)C(=O)N(c4cccc(Cl)c4C)C3=O)c2)cc1Cl. The molecular formula is C25H18Cl3N3O3. The van der Waals surface area contributed by atoms with E-state index in [1.165, 1.54) is 0 Å². The van der Waals surface area contributed by atoms with Crippen molar-refractivity contribution in [1.82, 2.24) is 0 Å². The highest BCUT2D eigenvalue weighted by Gasteiger charge is 2.39. The van der Waals surface area contributed by atoms with Crippen molar-refractivity contribution in [2.24, 2.45) is 0 Å². The summed E-state index contributed by atoms with van der Waals surface area (Å²) in [6.45, 7) is 3.58. The van der Waals surface area contributed by atoms with Crippen molar-refractivity contribution in [3.63, 3.8) is 0 Å². The molecule has 1 heterocycles. The zero-order valence-corrected chi connectivity index (χ0v) is 20.3. The van der Waals surface area contributed by atoms with E-state index in [1.54, 1.807) is 67.6 Å². The maximum Gasteiger partial charge on any atom is 0.283 e. The summed E-state index contributed by atoms with van der Waals surface area (Å²) in [5, 5.41) is 6.37. The molecule has 0 aromatic heterocycles. The van der Waals surface area contributed by atoms with E-state index in [0.29, 0.717) is 38.2 Å². The fraction of sp³-hybridized carbons (Fsp3) is 0.0800. The molecule has 3 aromatic carbocycles. The number of hydrogen-bond acceptors (Lipinski definition) is 4. The Balaban J connectivity index is 1.56. The van der Waals surface area contributed by atoms with Crippen LogP contribution in [0, 0.1) is 13.8 Å². The Bertz CT molecular complexity index is 1380.